The van der Waals surface area contributed by atoms with Gasteiger partial charge >= 0.3 is 0 Å². The molecule has 26 heavy (non-hydrogen) atoms. The summed E-state index contributed by atoms with van der Waals surface area (Å²) in [6, 6.07) is 6.70. The van der Waals surface area contributed by atoms with Crippen molar-refractivity contribution in [3.8, 4) is 17.2 Å². The van der Waals surface area contributed by atoms with Crippen molar-refractivity contribution in [2.75, 3.05) is 27.9 Å². The summed E-state index contributed by atoms with van der Waals surface area (Å²) in [6.45, 7) is 4.19. The molecule has 1 aliphatic heterocycles. The molecule has 1 atom stereocenters. The van der Waals surface area contributed by atoms with Crippen LogP contribution >= 0.6 is 11.3 Å². The van der Waals surface area contributed by atoms with Crippen LogP contribution in [0.15, 0.2) is 23.6 Å². The normalized spacial score (nSPS) is 18.4. The van der Waals surface area contributed by atoms with Gasteiger partial charge in [0.25, 0.3) is 0 Å². The Morgan fingerprint density at radius 3 is 2.38 bits per heavy atom. The third kappa shape index (κ3) is 3.99. The number of ether oxygens (including phenoxy) is 3. The van der Waals surface area contributed by atoms with E-state index < -0.39 is 0 Å². The average molecular weight is 376 g/mol. The first-order chi connectivity index (χ1) is 12.7. The van der Waals surface area contributed by atoms with Crippen LogP contribution in [-0.4, -0.2) is 32.8 Å². The number of rotatable bonds is 6. The minimum absolute atomic E-state index is 0.482. The van der Waals surface area contributed by atoms with Crippen molar-refractivity contribution in [2.24, 2.45) is 0 Å². The lowest BCUT2D eigenvalue weighted by Gasteiger charge is -2.30. The Balaban J connectivity index is 1.93. The predicted octanol–water partition coefficient (Wildman–Crippen LogP) is 5.20. The lowest BCUT2D eigenvalue weighted by atomic mass is 10.0. The van der Waals surface area contributed by atoms with E-state index in [1.165, 1.54) is 36.1 Å². The van der Waals surface area contributed by atoms with E-state index in [1.807, 2.05) is 17.4 Å². The maximum atomic E-state index is 5.65. The largest absolute Gasteiger partial charge is 0.496 e. The molecule has 2 aromatic rings. The molecule has 1 aromatic carbocycles. The highest BCUT2D eigenvalue weighted by Crippen LogP contribution is 2.39. The van der Waals surface area contributed by atoms with E-state index in [1.54, 1.807) is 21.3 Å². The van der Waals surface area contributed by atoms with Crippen LogP contribution in [0.1, 0.15) is 47.7 Å². The predicted molar refractivity (Wildman–Crippen MR) is 107 cm³/mol. The molecule has 0 unspecified atom stereocenters. The third-order valence-corrected chi connectivity index (χ3v) is 6.35. The van der Waals surface area contributed by atoms with E-state index in [9.17, 15) is 0 Å². The fourth-order valence-corrected chi connectivity index (χ4v) is 4.91. The van der Waals surface area contributed by atoms with Gasteiger partial charge in [0, 0.05) is 29.1 Å². The number of hydrogen-bond donors (Lipinski definition) is 0. The van der Waals surface area contributed by atoms with Crippen LogP contribution in [0.25, 0.3) is 0 Å². The monoisotopic (exact) mass is 375 g/mol. The Bertz CT molecular complexity index is 728. The molecule has 4 nitrogen and oxygen atoms in total. The second kappa shape index (κ2) is 8.78. The van der Waals surface area contributed by atoms with Gasteiger partial charge in [0.05, 0.1) is 21.3 Å². The summed E-state index contributed by atoms with van der Waals surface area (Å²) in [6.07, 6.45) is 5.07. The smallest absolute Gasteiger partial charge is 0.164 e. The van der Waals surface area contributed by atoms with Crippen molar-refractivity contribution in [3.05, 3.63) is 39.6 Å². The van der Waals surface area contributed by atoms with Gasteiger partial charge in [0.2, 0.25) is 0 Å². The highest BCUT2D eigenvalue weighted by molar-refractivity contribution is 7.10. The molecule has 0 spiro atoms. The van der Waals surface area contributed by atoms with Gasteiger partial charge in [-0.05, 0) is 49.4 Å². The van der Waals surface area contributed by atoms with Crippen molar-refractivity contribution in [1.82, 2.24) is 4.90 Å². The first-order valence-electron chi connectivity index (χ1n) is 9.24. The highest BCUT2D eigenvalue weighted by Gasteiger charge is 2.26. The maximum Gasteiger partial charge on any atom is 0.164 e. The fourth-order valence-electron chi connectivity index (χ4n) is 3.81. The molecule has 0 saturated carbocycles. The molecule has 1 fully saturated rings. The Hall–Kier alpha value is -1.72. The van der Waals surface area contributed by atoms with Crippen LogP contribution in [0, 0.1) is 6.92 Å². The number of nitrogens with zero attached hydrogens (tertiary/aromatic N) is 1. The molecule has 1 aromatic heterocycles. The lowest BCUT2D eigenvalue weighted by Crippen LogP contribution is -2.28. The molecule has 0 aliphatic carbocycles. The molecular formula is C21H29NO3S. The molecule has 5 heteroatoms. The van der Waals surface area contributed by atoms with E-state index in [0.29, 0.717) is 11.8 Å². The molecule has 0 bridgehead atoms. The van der Waals surface area contributed by atoms with Gasteiger partial charge in [0.1, 0.15) is 5.75 Å². The molecule has 3 rings (SSSR count). The number of benzene rings is 1. The Labute approximate surface area is 160 Å². The molecule has 2 heterocycles. The number of likely N-dealkylation sites (tertiary alicyclic amines) is 1. The van der Waals surface area contributed by atoms with Gasteiger partial charge in [-0.1, -0.05) is 12.8 Å². The van der Waals surface area contributed by atoms with E-state index in [2.05, 4.69) is 29.3 Å². The van der Waals surface area contributed by atoms with E-state index in [-0.39, 0.29) is 0 Å². The molecule has 0 radical (unpaired) electrons. The zero-order valence-electron chi connectivity index (χ0n) is 16.2. The number of thiophene rings is 1. The van der Waals surface area contributed by atoms with E-state index in [0.717, 1.165) is 30.2 Å². The quantitative estimate of drug-likeness (QED) is 0.694. The van der Waals surface area contributed by atoms with Crippen LogP contribution in [0.3, 0.4) is 0 Å². The van der Waals surface area contributed by atoms with Gasteiger partial charge in [0.15, 0.2) is 11.5 Å². The van der Waals surface area contributed by atoms with Crippen molar-refractivity contribution in [1.29, 1.82) is 0 Å². The summed E-state index contributed by atoms with van der Waals surface area (Å²) in [7, 11) is 5.05. The summed E-state index contributed by atoms with van der Waals surface area (Å²) in [4.78, 5) is 4.11. The highest BCUT2D eigenvalue weighted by atomic mass is 32.1. The summed E-state index contributed by atoms with van der Waals surface area (Å²) in [5.41, 5.74) is 2.55. The zero-order chi connectivity index (χ0) is 18.5. The number of methoxy groups -OCH3 is 3. The summed E-state index contributed by atoms with van der Waals surface area (Å²) < 4.78 is 16.6. The molecule has 1 saturated heterocycles. The molecule has 0 N–H and O–H groups in total. The minimum Gasteiger partial charge on any atom is -0.496 e. The standard InChI is InChI=1S/C21H29NO3S/c1-15-9-11-26-21(15)17-8-6-5-7-10-22(17)14-16-12-19(24-3)20(25-4)13-18(16)23-2/h9,11-13,17H,5-8,10,14H2,1-4H3/t17-/m1/s1. The van der Waals surface area contributed by atoms with Gasteiger partial charge in [-0.2, -0.15) is 0 Å². The second-order valence-corrected chi connectivity index (χ2v) is 7.77. The second-order valence-electron chi connectivity index (χ2n) is 6.82. The molecule has 1 aliphatic rings. The Kier molecular flexibility index (Phi) is 6.43. The Morgan fingerprint density at radius 2 is 1.73 bits per heavy atom. The maximum absolute atomic E-state index is 5.65. The van der Waals surface area contributed by atoms with Crippen molar-refractivity contribution in [2.45, 2.75) is 45.2 Å². The topological polar surface area (TPSA) is 30.9 Å². The van der Waals surface area contributed by atoms with Crippen molar-refractivity contribution >= 4 is 11.3 Å². The van der Waals surface area contributed by atoms with Crippen LogP contribution < -0.4 is 14.2 Å². The fraction of sp³-hybridized carbons (Fsp3) is 0.524. The van der Waals surface area contributed by atoms with E-state index >= 15 is 0 Å². The van der Waals surface area contributed by atoms with Gasteiger partial charge < -0.3 is 14.2 Å². The molecule has 142 valence electrons. The summed E-state index contributed by atoms with van der Waals surface area (Å²) in [5.74, 6) is 2.31. The Morgan fingerprint density at radius 1 is 1.00 bits per heavy atom. The van der Waals surface area contributed by atoms with Gasteiger partial charge in [-0.15, -0.1) is 11.3 Å². The minimum atomic E-state index is 0.482. The summed E-state index contributed by atoms with van der Waals surface area (Å²) in [5, 5.41) is 2.21. The molecule has 0 amide bonds. The summed E-state index contributed by atoms with van der Waals surface area (Å²) >= 11 is 1.89. The number of hydrogen-bond acceptors (Lipinski definition) is 5. The van der Waals surface area contributed by atoms with Crippen molar-refractivity contribution in [3.63, 3.8) is 0 Å². The average Bonchev–Trinajstić information content (AvgIpc) is 2.95. The van der Waals surface area contributed by atoms with Crippen LogP contribution in [0.2, 0.25) is 0 Å². The van der Waals surface area contributed by atoms with Crippen molar-refractivity contribution < 1.29 is 14.2 Å². The lowest BCUT2D eigenvalue weighted by molar-refractivity contribution is 0.192. The third-order valence-electron chi connectivity index (χ3n) is 5.23. The number of aryl methyl sites for hydroxylation is 1. The first-order valence-corrected chi connectivity index (χ1v) is 10.1. The molecular weight excluding hydrogens is 346 g/mol. The van der Waals surface area contributed by atoms with Crippen LogP contribution in [0.4, 0.5) is 0 Å². The SMILES string of the molecule is COc1cc(OC)c(OC)cc1CN1CCCCC[C@@H]1c1sccc1C. The van der Waals surface area contributed by atoms with Gasteiger partial charge in [-0.25, -0.2) is 0 Å². The van der Waals surface area contributed by atoms with E-state index in [4.69, 9.17) is 14.2 Å². The van der Waals surface area contributed by atoms with Crippen LogP contribution in [0.5, 0.6) is 17.2 Å². The zero-order valence-corrected chi connectivity index (χ0v) is 17.0. The van der Waals surface area contributed by atoms with Gasteiger partial charge in [-0.3, -0.25) is 4.90 Å². The first kappa shape index (κ1) is 19.1. The van der Waals surface area contributed by atoms with Crippen LogP contribution in [-0.2, 0) is 6.54 Å².